The van der Waals surface area contributed by atoms with Crippen LogP contribution >= 0.6 is 11.3 Å². The number of ether oxygens (including phenoxy) is 1. The first-order chi connectivity index (χ1) is 9.22. The van der Waals surface area contributed by atoms with E-state index in [0.717, 1.165) is 29.8 Å². The fraction of sp³-hybridized carbons (Fsp3) is 0.400. The van der Waals surface area contributed by atoms with Gasteiger partial charge in [0, 0.05) is 22.9 Å². The van der Waals surface area contributed by atoms with Crippen LogP contribution in [0.3, 0.4) is 0 Å². The van der Waals surface area contributed by atoms with Crippen LogP contribution in [0.5, 0.6) is 5.75 Å². The van der Waals surface area contributed by atoms with Crippen molar-refractivity contribution in [3.8, 4) is 5.75 Å². The van der Waals surface area contributed by atoms with Crippen molar-refractivity contribution in [3.05, 3.63) is 45.9 Å². The molecule has 0 saturated heterocycles. The molecule has 0 bridgehead atoms. The minimum Gasteiger partial charge on any atom is -0.493 e. The first-order valence-corrected chi connectivity index (χ1v) is 7.46. The summed E-state index contributed by atoms with van der Waals surface area (Å²) in [5.74, 6) is 0.902. The summed E-state index contributed by atoms with van der Waals surface area (Å²) in [6.07, 6.45) is 1.81. The summed E-state index contributed by atoms with van der Waals surface area (Å²) >= 11 is 1.68. The van der Waals surface area contributed by atoms with Crippen molar-refractivity contribution >= 4 is 11.3 Å². The van der Waals surface area contributed by atoms with Gasteiger partial charge < -0.3 is 10.5 Å². The van der Waals surface area contributed by atoms with E-state index in [9.17, 15) is 0 Å². The molecule has 1 heterocycles. The molecule has 0 aliphatic heterocycles. The van der Waals surface area contributed by atoms with Crippen molar-refractivity contribution in [2.75, 3.05) is 6.61 Å². The van der Waals surface area contributed by atoms with Crippen LogP contribution in [-0.2, 0) is 6.42 Å². The van der Waals surface area contributed by atoms with E-state index in [1.807, 2.05) is 36.7 Å². The number of hydrogen-bond donors (Lipinski definition) is 1. The molecule has 0 amide bonds. The van der Waals surface area contributed by atoms with Crippen LogP contribution < -0.4 is 10.5 Å². The zero-order valence-corrected chi connectivity index (χ0v) is 12.2. The van der Waals surface area contributed by atoms with Crippen molar-refractivity contribution in [3.63, 3.8) is 0 Å². The van der Waals surface area contributed by atoms with Crippen LogP contribution in [0, 0.1) is 6.92 Å². The third-order valence-electron chi connectivity index (χ3n) is 3.19. The molecule has 102 valence electrons. The highest BCUT2D eigenvalue weighted by Crippen LogP contribution is 2.25. The van der Waals surface area contributed by atoms with E-state index in [4.69, 9.17) is 10.5 Å². The molecule has 2 aromatic rings. The number of aryl methyl sites for hydroxylation is 1. The monoisotopic (exact) mass is 276 g/mol. The van der Waals surface area contributed by atoms with Gasteiger partial charge in [-0.25, -0.2) is 4.98 Å². The molecule has 2 N–H and O–H groups in total. The molecular formula is C15H20N2OS. The number of nitrogens with zero attached hydrogens (tertiary/aromatic N) is 1. The number of nitrogens with two attached hydrogens (primary N) is 1. The normalized spacial score (nSPS) is 12.4. The average molecular weight is 276 g/mol. The average Bonchev–Trinajstić information content (AvgIpc) is 2.84. The number of para-hydroxylation sites is 1. The molecule has 1 aromatic heterocycles. The molecule has 0 spiro atoms. The lowest BCUT2D eigenvalue weighted by Gasteiger charge is -2.15. The van der Waals surface area contributed by atoms with Crippen molar-refractivity contribution in [1.29, 1.82) is 0 Å². The Balaban J connectivity index is 1.98. The molecule has 19 heavy (non-hydrogen) atoms. The molecule has 0 radical (unpaired) electrons. The van der Waals surface area contributed by atoms with Crippen molar-refractivity contribution < 1.29 is 4.74 Å². The largest absolute Gasteiger partial charge is 0.493 e. The zero-order valence-electron chi connectivity index (χ0n) is 11.4. The van der Waals surface area contributed by atoms with Crippen molar-refractivity contribution in [2.24, 2.45) is 5.73 Å². The van der Waals surface area contributed by atoms with Crippen LogP contribution in [0.2, 0.25) is 0 Å². The standard InChI is InChI=1S/C15H20N2OS/c1-3-13(16)12-6-4-5-7-14(12)18-9-8-15-11(2)17-10-19-15/h4-7,10,13H,3,8-9,16H2,1-2H3. The van der Waals surface area contributed by atoms with Gasteiger partial charge in [0.05, 0.1) is 17.8 Å². The highest BCUT2D eigenvalue weighted by Gasteiger charge is 2.10. The van der Waals surface area contributed by atoms with E-state index in [1.54, 1.807) is 11.3 Å². The fourth-order valence-corrected chi connectivity index (χ4v) is 2.72. The lowest BCUT2D eigenvalue weighted by molar-refractivity contribution is 0.317. The fourth-order valence-electron chi connectivity index (χ4n) is 1.96. The maximum absolute atomic E-state index is 6.10. The Morgan fingerprint density at radius 3 is 2.84 bits per heavy atom. The molecule has 0 aliphatic rings. The van der Waals surface area contributed by atoms with Gasteiger partial charge >= 0.3 is 0 Å². The summed E-state index contributed by atoms with van der Waals surface area (Å²) in [4.78, 5) is 5.53. The highest BCUT2D eigenvalue weighted by molar-refractivity contribution is 7.09. The van der Waals surface area contributed by atoms with E-state index < -0.39 is 0 Å². The first-order valence-electron chi connectivity index (χ1n) is 6.58. The smallest absolute Gasteiger partial charge is 0.124 e. The Morgan fingerprint density at radius 2 is 2.16 bits per heavy atom. The third kappa shape index (κ3) is 3.55. The van der Waals surface area contributed by atoms with Crippen LogP contribution in [0.4, 0.5) is 0 Å². The second kappa shape index (κ2) is 6.68. The summed E-state index contributed by atoms with van der Waals surface area (Å²) in [5.41, 5.74) is 10.2. The third-order valence-corrected chi connectivity index (χ3v) is 4.18. The van der Waals surface area contributed by atoms with Gasteiger partial charge in [0.15, 0.2) is 0 Å². The Hall–Kier alpha value is -1.39. The number of hydrogen-bond acceptors (Lipinski definition) is 4. The van der Waals surface area contributed by atoms with Crippen LogP contribution in [-0.4, -0.2) is 11.6 Å². The van der Waals surface area contributed by atoms with Gasteiger partial charge in [0.25, 0.3) is 0 Å². The van der Waals surface area contributed by atoms with Crippen LogP contribution in [0.15, 0.2) is 29.8 Å². The van der Waals surface area contributed by atoms with Gasteiger partial charge in [0.1, 0.15) is 5.75 Å². The summed E-state index contributed by atoms with van der Waals surface area (Å²) in [6, 6.07) is 8.07. The number of rotatable bonds is 6. The molecule has 0 aliphatic carbocycles. The summed E-state index contributed by atoms with van der Waals surface area (Å²) in [5, 5.41) is 0. The van der Waals surface area contributed by atoms with E-state index in [-0.39, 0.29) is 6.04 Å². The summed E-state index contributed by atoms with van der Waals surface area (Å²) < 4.78 is 5.89. The predicted octanol–water partition coefficient (Wildman–Crippen LogP) is 3.48. The number of thiazole rings is 1. The second-order valence-corrected chi connectivity index (χ2v) is 5.45. The van der Waals surface area contributed by atoms with Gasteiger partial charge in [-0.05, 0) is 19.4 Å². The Kier molecular flexibility index (Phi) is 4.93. The minimum atomic E-state index is 0.0429. The van der Waals surface area contributed by atoms with Crippen LogP contribution in [0.1, 0.15) is 35.5 Å². The van der Waals surface area contributed by atoms with Crippen molar-refractivity contribution in [1.82, 2.24) is 4.98 Å². The van der Waals surface area contributed by atoms with E-state index >= 15 is 0 Å². The summed E-state index contributed by atoms with van der Waals surface area (Å²) in [7, 11) is 0. The minimum absolute atomic E-state index is 0.0429. The number of benzene rings is 1. The van der Waals surface area contributed by atoms with Gasteiger partial charge in [-0.2, -0.15) is 0 Å². The quantitative estimate of drug-likeness (QED) is 0.878. The molecule has 1 atom stereocenters. The SMILES string of the molecule is CCC(N)c1ccccc1OCCc1scnc1C. The van der Waals surface area contributed by atoms with Gasteiger partial charge in [0.2, 0.25) is 0 Å². The van der Waals surface area contributed by atoms with Gasteiger partial charge in [-0.1, -0.05) is 25.1 Å². The maximum Gasteiger partial charge on any atom is 0.124 e. The predicted molar refractivity (Wildman–Crippen MR) is 79.7 cm³/mol. The lowest BCUT2D eigenvalue weighted by atomic mass is 10.0. The van der Waals surface area contributed by atoms with E-state index in [1.165, 1.54) is 4.88 Å². The molecule has 1 unspecified atom stereocenters. The second-order valence-electron chi connectivity index (χ2n) is 4.51. The molecule has 4 heteroatoms. The van der Waals surface area contributed by atoms with Gasteiger partial charge in [-0.15, -0.1) is 11.3 Å². The van der Waals surface area contributed by atoms with E-state index in [0.29, 0.717) is 6.61 Å². The van der Waals surface area contributed by atoms with Crippen LogP contribution in [0.25, 0.3) is 0 Å². The van der Waals surface area contributed by atoms with Crippen molar-refractivity contribution in [2.45, 2.75) is 32.7 Å². The van der Waals surface area contributed by atoms with E-state index in [2.05, 4.69) is 11.9 Å². The lowest BCUT2D eigenvalue weighted by Crippen LogP contribution is -2.11. The molecule has 2 rings (SSSR count). The zero-order chi connectivity index (χ0) is 13.7. The molecule has 0 saturated carbocycles. The molecule has 0 fully saturated rings. The van der Waals surface area contributed by atoms with Gasteiger partial charge in [-0.3, -0.25) is 0 Å². The Bertz CT molecular complexity index is 524. The first kappa shape index (κ1) is 14.0. The molecule has 1 aromatic carbocycles. The molecular weight excluding hydrogens is 256 g/mol. The molecule has 3 nitrogen and oxygen atoms in total. The number of aromatic nitrogens is 1. The Morgan fingerprint density at radius 1 is 1.37 bits per heavy atom. The topological polar surface area (TPSA) is 48.1 Å². The maximum atomic E-state index is 6.10. The highest BCUT2D eigenvalue weighted by atomic mass is 32.1. The summed E-state index contributed by atoms with van der Waals surface area (Å²) in [6.45, 7) is 4.78. The Labute approximate surface area is 118 Å².